The van der Waals surface area contributed by atoms with Gasteiger partial charge in [0.1, 0.15) is 5.54 Å². The minimum Gasteiger partial charge on any atom is -0.368 e. The second-order valence-corrected chi connectivity index (χ2v) is 5.12. The van der Waals surface area contributed by atoms with E-state index in [9.17, 15) is 4.79 Å². The monoisotopic (exact) mass is 242 g/mol. The molecule has 1 aliphatic heterocycles. The predicted molar refractivity (Wildman–Crippen MR) is 69.7 cm³/mol. The Morgan fingerprint density at radius 2 is 2.29 bits per heavy atom. The van der Waals surface area contributed by atoms with Gasteiger partial charge in [-0.1, -0.05) is 6.92 Å². The molecule has 0 aliphatic carbocycles. The molecule has 2 unspecified atom stereocenters. The standard InChI is InChI=1S/C12H26N4O/c1-4-10-9-14-6-5-12(10,11(13)17)15-7-8-16(2)3/h10,14-15H,4-9H2,1-3H3,(H2,13,17). The van der Waals surface area contributed by atoms with Crippen molar-refractivity contribution in [1.82, 2.24) is 15.5 Å². The molecular weight excluding hydrogens is 216 g/mol. The lowest BCUT2D eigenvalue weighted by molar-refractivity contribution is -0.128. The number of nitrogens with one attached hydrogen (secondary N) is 2. The lowest BCUT2D eigenvalue weighted by Gasteiger charge is -2.42. The fourth-order valence-corrected chi connectivity index (χ4v) is 2.58. The zero-order valence-electron chi connectivity index (χ0n) is 11.3. The average molecular weight is 242 g/mol. The van der Waals surface area contributed by atoms with Crippen LogP contribution in [-0.2, 0) is 4.79 Å². The highest BCUT2D eigenvalue weighted by Gasteiger charge is 2.44. The Bertz CT molecular complexity index is 257. The first kappa shape index (κ1) is 14.4. The predicted octanol–water partition coefficient (Wildman–Crippen LogP) is -0.619. The number of primary amides is 1. The Morgan fingerprint density at radius 3 is 2.82 bits per heavy atom. The molecule has 2 atom stereocenters. The third-order valence-corrected chi connectivity index (χ3v) is 3.72. The fraction of sp³-hybridized carbons (Fsp3) is 0.917. The van der Waals surface area contributed by atoms with E-state index in [-0.39, 0.29) is 11.8 Å². The van der Waals surface area contributed by atoms with E-state index in [1.165, 1.54) is 0 Å². The number of piperidine rings is 1. The van der Waals surface area contributed by atoms with Crippen LogP contribution in [0.4, 0.5) is 0 Å². The number of nitrogens with zero attached hydrogens (tertiary/aromatic N) is 1. The van der Waals surface area contributed by atoms with E-state index in [0.717, 1.165) is 39.0 Å². The highest BCUT2D eigenvalue weighted by atomic mass is 16.1. The Morgan fingerprint density at radius 1 is 1.59 bits per heavy atom. The molecule has 1 rings (SSSR count). The molecule has 0 saturated carbocycles. The van der Waals surface area contributed by atoms with Crippen molar-refractivity contribution in [2.75, 3.05) is 40.3 Å². The molecule has 1 saturated heterocycles. The fourth-order valence-electron chi connectivity index (χ4n) is 2.58. The molecule has 0 radical (unpaired) electrons. The summed E-state index contributed by atoms with van der Waals surface area (Å²) in [6.45, 7) is 5.55. The van der Waals surface area contributed by atoms with E-state index in [4.69, 9.17) is 5.73 Å². The summed E-state index contributed by atoms with van der Waals surface area (Å²) in [6, 6.07) is 0. The Hall–Kier alpha value is -0.650. The maximum absolute atomic E-state index is 11.8. The molecule has 1 amide bonds. The van der Waals surface area contributed by atoms with Crippen LogP contribution >= 0.6 is 0 Å². The summed E-state index contributed by atoms with van der Waals surface area (Å²) < 4.78 is 0. The van der Waals surface area contributed by atoms with Gasteiger partial charge in [-0.05, 0) is 39.4 Å². The van der Waals surface area contributed by atoms with E-state index in [1.807, 2.05) is 14.1 Å². The third kappa shape index (κ3) is 3.40. The van der Waals surface area contributed by atoms with E-state index < -0.39 is 5.54 Å². The minimum absolute atomic E-state index is 0.204. The summed E-state index contributed by atoms with van der Waals surface area (Å²) in [5.74, 6) is 0.0838. The van der Waals surface area contributed by atoms with Crippen molar-refractivity contribution in [1.29, 1.82) is 0 Å². The topological polar surface area (TPSA) is 70.4 Å². The average Bonchev–Trinajstić information content (AvgIpc) is 2.28. The van der Waals surface area contributed by atoms with Gasteiger partial charge in [0.15, 0.2) is 0 Å². The van der Waals surface area contributed by atoms with Crippen molar-refractivity contribution in [3.05, 3.63) is 0 Å². The number of amides is 1. The zero-order chi connectivity index (χ0) is 12.9. The van der Waals surface area contributed by atoms with Crippen LogP contribution in [-0.4, -0.2) is 56.6 Å². The van der Waals surface area contributed by atoms with Crippen LogP contribution in [0.3, 0.4) is 0 Å². The maximum Gasteiger partial charge on any atom is 0.238 e. The van der Waals surface area contributed by atoms with Crippen LogP contribution in [0.2, 0.25) is 0 Å². The number of nitrogens with two attached hydrogens (primary N) is 1. The van der Waals surface area contributed by atoms with Crippen molar-refractivity contribution in [2.45, 2.75) is 25.3 Å². The van der Waals surface area contributed by atoms with Gasteiger partial charge < -0.3 is 21.3 Å². The molecule has 1 aliphatic rings. The first-order chi connectivity index (χ1) is 8.03. The Kier molecular flexibility index (Phi) is 5.36. The lowest BCUT2D eigenvalue weighted by Crippen LogP contribution is -2.66. The molecule has 100 valence electrons. The molecule has 0 aromatic heterocycles. The van der Waals surface area contributed by atoms with Crippen LogP contribution < -0.4 is 16.4 Å². The second-order valence-electron chi connectivity index (χ2n) is 5.12. The van der Waals surface area contributed by atoms with Crippen molar-refractivity contribution in [3.8, 4) is 0 Å². The van der Waals surface area contributed by atoms with Crippen molar-refractivity contribution < 1.29 is 4.79 Å². The largest absolute Gasteiger partial charge is 0.368 e. The van der Waals surface area contributed by atoms with Crippen LogP contribution in [0.15, 0.2) is 0 Å². The van der Waals surface area contributed by atoms with Gasteiger partial charge in [0.2, 0.25) is 5.91 Å². The number of carbonyl (C=O) groups excluding carboxylic acids is 1. The van der Waals surface area contributed by atoms with Crippen molar-refractivity contribution in [3.63, 3.8) is 0 Å². The van der Waals surface area contributed by atoms with Crippen molar-refractivity contribution >= 4 is 5.91 Å². The van der Waals surface area contributed by atoms with Gasteiger partial charge >= 0.3 is 0 Å². The quantitative estimate of drug-likeness (QED) is 0.581. The van der Waals surface area contributed by atoms with Gasteiger partial charge in [0.05, 0.1) is 0 Å². The number of rotatable bonds is 6. The molecule has 0 aromatic rings. The maximum atomic E-state index is 11.8. The molecule has 5 nitrogen and oxygen atoms in total. The second kappa shape index (κ2) is 6.33. The first-order valence-electron chi connectivity index (χ1n) is 6.43. The van der Waals surface area contributed by atoms with E-state index in [0.29, 0.717) is 0 Å². The molecule has 0 bridgehead atoms. The third-order valence-electron chi connectivity index (χ3n) is 3.72. The van der Waals surface area contributed by atoms with Gasteiger partial charge in [0.25, 0.3) is 0 Å². The van der Waals surface area contributed by atoms with Gasteiger partial charge in [0, 0.05) is 19.6 Å². The SMILES string of the molecule is CCC1CNCCC1(NCCN(C)C)C(N)=O. The van der Waals surface area contributed by atoms with Crippen molar-refractivity contribution in [2.24, 2.45) is 11.7 Å². The highest BCUT2D eigenvalue weighted by Crippen LogP contribution is 2.26. The van der Waals surface area contributed by atoms with E-state index >= 15 is 0 Å². The molecular formula is C12H26N4O. The molecule has 0 spiro atoms. The van der Waals surface area contributed by atoms with E-state index in [2.05, 4.69) is 22.5 Å². The zero-order valence-corrected chi connectivity index (χ0v) is 11.3. The molecule has 5 heteroatoms. The minimum atomic E-state index is -0.518. The summed E-state index contributed by atoms with van der Waals surface area (Å²) in [5, 5.41) is 6.75. The molecule has 4 N–H and O–H groups in total. The van der Waals surface area contributed by atoms with Gasteiger partial charge in [-0.25, -0.2) is 0 Å². The summed E-state index contributed by atoms with van der Waals surface area (Å²) >= 11 is 0. The summed E-state index contributed by atoms with van der Waals surface area (Å²) in [6.07, 6.45) is 1.75. The van der Waals surface area contributed by atoms with Crippen LogP contribution in [0.25, 0.3) is 0 Å². The van der Waals surface area contributed by atoms with Crippen LogP contribution in [0.1, 0.15) is 19.8 Å². The number of likely N-dealkylation sites (N-methyl/N-ethyl adjacent to an activating group) is 1. The molecule has 0 aromatic carbocycles. The molecule has 1 heterocycles. The molecule has 1 fully saturated rings. The Balaban J connectivity index is 2.69. The van der Waals surface area contributed by atoms with Gasteiger partial charge in [-0.3, -0.25) is 4.79 Å². The molecule has 17 heavy (non-hydrogen) atoms. The lowest BCUT2D eigenvalue weighted by atomic mass is 9.76. The highest BCUT2D eigenvalue weighted by molar-refractivity contribution is 5.85. The first-order valence-corrected chi connectivity index (χ1v) is 6.43. The summed E-state index contributed by atoms with van der Waals surface area (Å²) in [4.78, 5) is 13.9. The number of hydrogen-bond donors (Lipinski definition) is 3. The summed E-state index contributed by atoms with van der Waals surface area (Å²) in [7, 11) is 4.05. The van der Waals surface area contributed by atoms with Crippen LogP contribution in [0.5, 0.6) is 0 Å². The number of hydrogen-bond acceptors (Lipinski definition) is 4. The Labute approximate surface area is 104 Å². The van der Waals surface area contributed by atoms with Gasteiger partial charge in [-0.15, -0.1) is 0 Å². The smallest absolute Gasteiger partial charge is 0.238 e. The number of carbonyl (C=O) groups is 1. The van der Waals surface area contributed by atoms with Crippen LogP contribution in [0, 0.1) is 5.92 Å². The van der Waals surface area contributed by atoms with Gasteiger partial charge in [-0.2, -0.15) is 0 Å². The van der Waals surface area contributed by atoms with E-state index in [1.54, 1.807) is 0 Å². The normalized spacial score (nSPS) is 29.5. The summed E-state index contributed by atoms with van der Waals surface area (Å²) in [5.41, 5.74) is 5.12.